The molecule has 1 heterocycles. The van der Waals surface area contributed by atoms with E-state index in [1.165, 1.54) is 30.5 Å². The maximum atomic E-state index is 5.34. The predicted molar refractivity (Wildman–Crippen MR) is 99.9 cm³/mol. The van der Waals surface area contributed by atoms with Gasteiger partial charge >= 0.3 is 0 Å². The second-order valence-electron chi connectivity index (χ2n) is 6.11. The van der Waals surface area contributed by atoms with Gasteiger partial charge in [-0.1, -0.05) is 25.8 Å². The van der Waals surface area contributed by atoms with Crippen LogP contribution in [0.25, 0.3) is 0 Å². The Morgan fingerprint density at radius 2 is 2.17 bits per heavy atom. The third-order valence-electron chi connectivity index (χ3n) is 4.30. The Kier molecular flexibility index (Phi) is 8.57. The number of unbranched alkanes of at least 4 members (excludes halogenated alkanes) is 2. The topological polar surface area (TPSA) is 48.9 Å². The van der Waals surface area contributed by atoms with E-state index in [1.54, 1.807) is 0 Å². The zero-order valence-electron chi connectivity index (χ0n) is 14.3. The molecular formula is C17H30N4OS. The minimum absolute atomic E-state index is 0.616. The number of hydrogen-bond acceptors (Lipinski definition) is 4. The molecule has 0 radical (unpaired) electrons. The molecule has 1 fully saturated rings. The molecule has 6 heteroatoms. The van der Waals surface area contributed by atoms with Crippen molar-refractivity contribution in [3.8, 4) is 0 Å². The summed E-state index contributed by atoms with van der Waals surface area (Å²) in [6.07, 6.45) is 9.42. The van der Waals surface area contributed by atoms with Crippen LogP contribution >= 0.6 is 12.2 Å². The summed E-state index contributed by atoms with van der Waals surface area (Å²) in [7, 11) is 0. The fourth-order valence-electron chi connectivity index (χ4n) is 2.91. The summed E-state index contributed by atoms with van der Waals surface area (Å²) >= 11 is 5.31. The molecule has 2 aliphatic rings. The highest BCUT2D eigenvalue weighted by Crippen LogP contribution is 2.20. The summed E-state index contributed by atoms with van der Waals surface area (Å²) < 4.78 is 5.34. The van der Waals surface area contributed by atoms with Crippen molar-refractivity contribution in [1.29, 1.82) is 0 Å². The van der Waals surface area contributed by atoms with Gasteiger partial charge in [-0.3, -0.25) is 10.3 Å². The summed E-state index contributed by atoms with van der Waals surface area (Å²) in [4.78, 5) is 2.39. The smallest absolute Gasteiger partial charge is 0.187 e. The second-order valence-corrected chi connectivity index (χ2v) is 6.51. The largest absolute Gasteiger partial charge is 0.379 e. The van der Waals surface area contributed by atoms with E-state index in [0.29, 0.717) is 5.11 Å². The zero-order chi connectivity index (χ0) is 16.3. The molecule has 0 spiro atoms. The van der Waals surface area contributed by atoms with E-state index in [1.807, 2.05) is 0 Å². The number of nitrogens with zero attached hydrogens (tertiary/aromatic N) is 2. The maximum absolute atomic E-state index is 5.34. The van der Waals surface area contributed by atoms with Crippen LogP contribution in [0.1, 0.15) is 45.4 Å². The Labute approximate surface area is 145 Å². The van der Waals surface area contributed by atoms with Gasteiger partial charge < -0.3 is 10.1 Å². The van der Waals surface area contributed by atoms with Gasteiger partial charge in [0.05, 0.1) is 18.9 Å². The molecule has 2 rings (SSSR count). The monoisotopic (exact) mass is 338 g/mol. The van der Waals surface area contributed by atoms with Crippen molar-refractivity contribution in [2.45, 2.75) is 45.4 Å². The molecule has 1 aliphatic carbocycles. The number of hydrogen-bond donors (Lipinski definition) is 2. The van der Waals surface area contributed by atoms with Gasteiger partial charge in [0.1, 0.15) is 0 Å². The van der Waals surface area contributed by atoms with Gasteiger partial charge in [0.15, 0.2) is 5.11 Å². The molecule has 23 heavy (non-hydrogen) atoms. The summed E-state index contributed by atoms with van der Waals surface area (Å²) in [6, 6.07) is 0. The lowest BCUT2D eigenvalue weighted by Crippen LogP contribution is -2.42. The van der Waals surface area contributed by atoms with Gasteiger partial charge in [0.25, 0.3) is 0 Å². The van der Waals surface area contributed by atoms with E-state index >= 15 is 0 Å². The minimum atomic E-state index is 0.616. The molecule has 0 unspecified atom stereocenters. The number of hydrazone groups is 1. The Morgan fingerprint density at radius 1 is 1.35 bits per heavy atom. The van der Waals surface area contributed by atoms with Crippen LogP contribution in [0.3, 0.4) is 0 Å². The summed E-state index contributed by atoms with van der Waals surface area (Å²) in [5, 5.41) is 8.36. The van der Waals surface area contributed by atoms with Gasteiger partial charge in [0, 0.05) is 26.2 Å². The SMILES string of the molecule is CCCCCC1=CCC/C1=N/NC(=S)NCCN1CCOCC1. The van der Waals surface area contributed by atoms with Gasteiger partial charge in [-0.05, 0) is 43.5 Å². The van der Waals surface area contributed by atoms with Gasteiger partial charge in [-0.15, -0.1) is 0 Å². The van der Waals surface area contributed by atoms with E-state index < -0.39 is 0 Å². The van der Waals surface area contributed by atoms with Crippen LogP contribution in [-0.4, -0.2) is 55.1 Å². The normalized spacial score (nSPS) is 20.6. The average Bonchev–Trinajstić information content (AvgIpc) is 3.02. The number of thiocarbonyl (C=S) groups is 1. The molecule has 0 bridgehead atoms. The summed E-state index contributed by atoms with van der Waals surface area (Å²) in [5.74, 6) is 0. The average molecular weight is 339 g/mol. The Balaban J connectivity index is 1.63. The summed E-state index contributed by atoms with van der Waals surface area (Å²) in [5.41, 5.74) is 5.59. The van der Waals surface area contributed by atoms with E-state index in [0.717, 1.165) is 58.7 Å². The number of nitrogens with one attached hydrogen (secondary N) is 2. The molecule has 1 saturated heterocycles. The molecule has 0 saturated carbocycles. The van der Waals surface area contributed by atoms with Gasteiger partial charge in [-0.2, -0.15) is 5.10 Å². The standard InChI is InChI=1S/C17H30N4OS/c1-2-3-4-6-15-7-5-8-16(15)19-20-17(23)18-9-10-21-11-13-22-14-12-21/h7H,2-6,8-14H2,1H3,(H2,18,20,23)/b19-16-. The molecule has 5 nitrogen and oxygen atoms in total. The lowest BCUT2D eigenvalue weighted by molar-refractivity contribution is 0.0389. The highest BCUT2D eigenvalue weighted by atomic mass is 32.1. The van der Waals surface area contributed by atoms with Gasteiger partial charge in [-0.25, -0.2) is 0 Å². The first-order valence-electron chi connectivity index (χ1n) is 8.89. The first kappa shape index (κ1) is 18.4. The van der Waals surface area contributed by atoms with Crippen molar-refractivity contribution >= 4 is 23.0 Å². The maximum Gasteiger partial charge on any atom is 0.187 e. The van der Waals surface area contributed by atoms with E-state index in [2.05, 4.69) is 33.7 Å². The van der Waals surface area contributed by atoms with Crippen LogP contribution in [0, 0.1) is 0 Å². The number of rotatable bonds is 8. The number of allylic oxidation sites excluding steroid dienone is 2. The first-order chi connectivity index (χ1) is 11.3. The van der Waals surface area contributed by atoms with E-state index in [4.69, 9.17) is 17.0 Å². The van der Waals surface area contributed by atoms with Crippen molar-refractivity contribution in [2.75, 3.05) is 39.4 Å². The molecule has 1 aliphatic heterocycles. The fraction of sp³-hybridized carbons (Fsp3) is 0.765. The van der Waals surface area contributed by atoms with Crippen molar-refractivity contribution < 1.29 is 4.74 Å². The highest BCUT2D eigenvalue weighted by Gasteiger charge is 2.13. The lowest BCUT2D eigenvalue weighted by Gasteiger charge is -2.26. The molecule has 0 atom stereocenters. The van der Waals surface area contributed by atoms with Crippen LogP contribution in [0.2, 0.25) is 0 Å². The molecular weight excluding hydrogens is 308 g/mol. The molecule has 2 N–H and O–H groups in total. The second kappa shape index (κ2) is 10.7. The molecule has 0 aromatic rings. The fourth-order valence-corrected chi connectivity index (χ4v) is 3.06. The van der Waals surface area contributed by atoms with E-state index in [9.17, 15) is 0 Å². The third-order valence-corrected chi connectivity index (χ3v) is 4.54. The highest BCUT2D eigenvalue weighted by molar-refractivity contribution is 7.80. The first-order valence-corrected chi connectivity index (χ1v) is 9.30. The molecule has 0 aromatic carbocycles. The van der Waals surface area contributed by atoms with Crippen molar-refractivity contribution in [3.05, 3.63) is 11.6 Å². The zero-order valence-corrected chi connectivity index (χ0v) is 15.1. The quantitative estimate of drug-likeness (QED) is 0.404. The predicted octanol–water partition coefficient (Wildman–Crippen LogP) is 2.44. The Bertz CT molecular complexity index is 430. The van der Waals surface area contributed by atoms with Crippen LogP contribution in [-0.2, 0) is 4.74 Å². The van der Waals surface area contributed by atoms with Crippen LogP contribution in [0.4, 0.5) is 0 Å². The van der Waals surface area contributed by atoms with Crippen molar-refractivity contribution in [3.63, 3.8) is 0 Å². The van der Waals surface area contributed by atoms with Gasteiger partial charge in [0.2, 0.25) is 0 Å². The van der Waals surface area contributed by atoms with Crippen LogP contribution in [0.15, 0.2) is 16.8 Å². The number of ether oxygens (including phenoxy) is 1. The lowest BCUT2D eigenvalue weighted by atomic mass is 10.1. The Morgan fingerprint density at radius 3 is 2.96 bits per heavy atom. The molecule has 0 amide bonds. The molecule has 130 valence electrons. The van der Waals surface area contributed by atoms with Crippen LogP contribution in [0.5, 0.6) is 0 Å². The summed E-state index contributed by atoms with van der Waals surface area (Å²) in [6.45, 7) is 7.76. The van der Waals surface area contributed by atoms with Crippen molar-refractivity contribution in [1.82, 2.24) is 15.6 Å². The number of morpholine rings is 1. The van der Waals surface area contributed by atoms with Crippen LogP contribution < -0.4 is 10.7 Å². The minimum Gasteiger partial charge on any atom is -0.379 e. The van der Waals surface area contributed by atoms with Crippen molar-refractivity contribution in [2.24, 2.45) is 5.10 Å². The Hall–Kier alpha value is -0.980. The third kappa shape index (κ3) is 6.97. The van der Waals surface area contributed by atoms with E-state index in [-0.39, 0.29) is 0 Å². The molecule has 0 aromatic heterocycles.